The summed E-state index contributed by atoms with van der Waals surface area (Å²) in [4.78, 5) is 3.87. The second-order valence-corrected chi connectivity index (χ2v) is 3.04. The summed E-state index contributed by atoms with van der Waals surface area (Å²) in [5.41, 5.74) is 0.891. The van der Waals surface area contributed by atoms with Crippen molar-refractivity contribution in [1.82, 2.24) is 4.98 Å². The number of nitrogens with zero attached hydrogens (tertiary/aromatic N) is 1. The first kappa shape index (κ1) is 6.80. The van der Waals surface area contributed by atoms with Crippen LogP contribution in [0.3, 0.4) is 0 Å². The Hall–Kier alpha value is -0.890. The summed E-state index contributed by atoms with van der Waals surface area (Å²) in [6.07, 6.45) is 5.08. The maximum Gasteiger partial charge on any atom is 0.121 e. The van der Waals surface area contributed by atoms with E-state index in [1.54, 1.807) is 12.4 Å². The van der Waals surface area contributed by atoms with E-state index in [1.165, 1.54) is 0 Å². The molecule has 2 heteroatoms. The van der Waals surface area contributed by atoms with Crippen LogP contribution >= 0.6 is 0 Å². The molecule has 2 rings (SSSR count). The van der Waals surface area contributed by atoms with Gasteiger partial charge in [-0.3, -0.25) is 4.98 Å². The minimum absolute atomic E-state index is 0.400. The normalized spacial score (nSPS) is 19.7. The van der Waals surface area contributed by atoms with Gasteiger partial charge >= 0.3 is 0 Å². The van der Waals surface area contributed by atoms with Gasteiger partial charge in [0.1, 0.15) is 6.10 Å². The standard InChI is InChI=1S/C9H10NO/c11-9(7-1-2-7)8-3-5-10-6-4-8/h3-7,9H,1-2H2. The lowest BCUT2D eigenvalue weighted by molar-refractivity contribution is 0.0693. The van der Waals surface area contributed by atoms with Gasteiger partial charge in [-0.1, -0.05) is 0 Å². The Balaban J connectivity index is 2.15. The molecule has 1 saturated carbocycles. The topological polar surface area (TPSA) is 32.8 Å². The maximum atomic E-state index is 11.5. The molecule has 0 amide bonds. The number of rotatable bonds is 2. The number of hydrogen-bond donors (Lipinski definition) is 0. The van der Waals surface area contributed by atoms with Gasteiger partial charge in [-0.2, -0.15) is 0 Å². The van der Waals surface area contributed by atoms with Crippen molar-refractivity contribution in [2.24, 2.45) is 5.92 Å². The summed E-state index contributed by atoms with van der Waals surface area (Å²) >= 11 is 0. The number of pyridine rings is 1. The highest BCUT2D eigenvalue weighted by Gasteiger charge is 2.31. The minimum Gasteiger partial charge on any atom is -0.265 e. The first-order valence-electron chi connectivity index (χ1n) is 3.93. The van der Waals surface area contributed by atoms with Crippen LogP contribution in [0.4, 0.5) is 0 Å². The van der Waals surface area contributed by atoms with Crippen LogP contribution < -0.4 is 0 Å². The highest BCUT2D eigenvalue weighted by molar-refractivity contribution is 5.15. The monoisotopic (exact) mass is 148 g/mol. The highest BCUT2D eigenvalue weighted by Crippen LogP contribution is 2.40. The molecule has 0 bridgehead atoms. The molecule has 0 aliphatic heterocycles. The van der Waals surface area contributed by atoms with Crippen LogP contribution in [0.1, 0.15) is 24.5 Å². The molecule has 1 aliphatic rings. The van der Waals surface area contributed by atoms with E-state index < -0.39 is 6.10 Å². The Morgan fingerprint density at radius 1 is 1.36 bits per heavy atom. The van der Waals surface area contributed by atoms with Gasteiger partial charge in [-0.25, -0.2) is 5.11 Å². The van der Waals surface area contributed by atoms with E-state index in [0.717, 1.165) is 18.4 Å². The molecule has 0 spiro atoms. The van der Waals surface area contributed by atoms with E-state index in [4.69, 9.17) is 0 Å². The lowest BCUT2D eigenvalue weighted by Gasteiger charge is -2.04. The quantitative estimate of drug-likeness (QED) is 0.631. The van der Waals surface area contributed by atoms with Crippen LogP contribution in [0.2, 0.25) is 0 Å². The Morgan fingerprint density at radius 3 is 2.55 bits per heavy atom. The first-order chi connectivity index (χ1) is 5.38. The molecule has 57 valence electrons. The fraction of sp³-hybridized carbons (Fsp3) is 0.444. The van der Waals surface area contributed by atoms with Crippen LogP contribution in [0.5, 0.6) is 0 Å². The number of hydrogen-bond acceptors (Lipinski definition) is 1. The van der Waals surface area contributed by atoms with E-state index in [0.29, 0.717) is 5.92 Å². The molecule has 1 aromatic heterocycles. The Kier molecular flexibility index (Phi) is 1.62. The maximum absolute atomic E-state index is 11.5. The van der Waals surface area contributed by atoms with Crippen LogP contribution in [-0.4, -0.2) is 4.98 Å². The minimum atomic E-state index is -0.502. The van der Waals surface area contributed by atoms with Crippen LogP contribution in [0.25, 0.3) is 0 Å². The average molecular weight is 148 g/mol. The Morgan fingerprint density at radius 2 is 2.00 bits per heavy atom. The van der Waals surface area contributed by atoms with Crippen molar-refractivity contribution in [3.05, 3.63) is 30.1 Å². The second-order valence-electron chi connectivity index (χ2n) is 3.04. The van der Waals surface area contributed by atoms with Crippen LogP contribution in [0.15, 0.2) is 24.5 Å². The van der Waals surface area contributed by atoms with Crippen LogP contribution in [-0.2, 0) is 5.11 Å². The molecule has 1 aromatic rings. The molecular formula is C9H10NO. The summed E-state index contributed by atoms with van der Waals surface area (Å²) in [5.74, 6) is 0.400. The van der Waals surface area contributed by atoms with E-state index in [1.807, 2.05) is 12.1 Å². The highest BCUT2D eigenvalue weighted by atomic mass is 16.3. The summed E-state index contributed by atoms with van der Waals surface area (Å²) in [6, 6.07) is 3.63. The van der Waals surface area contributed by atoms with Crippen molar-refractivity contribution in [3.63, 3.8) is 0 Å². The molecule has 1 radical (unpaired) electrons. The third kappa shape index (κ3) is 1.40. The van der Waals surface area contributed by atoms with Crippen molar-refractivity contribution in [3.8, 4) is 0 Å². The van der Waals surface area contributed by atoms with Gasteiger partial charge in [0.05, 0.1) is 0 Å². The van der Waals surface area contributed by atoms with E-state index in [9.17, 15) is 5.11 Å². The third-order valence-corrected chi connectivity index (χ3v) is 2.08. The van der Waals surface area contributed by atoms with Gasteiger partial charge in [-0.05, 0) is 36.5 Å². The number of aromatic nitrogens is 1. The zero-order valence-corrected chi connectivity index (χ0v) is 6.23. The molecule has 0 N–H and O–H groups in total. The molecule has 1 heterocycles. The lowest BCUT2D eigenvalue weighted by Crippen LogP contribution is -1.96. The van der Waals surface area contributed by atoms with Gasteiger partial charge < -0.3 is 0 Å². The molecule has 2 nitrogen and oxygen atoms in total. The van der Waals surface area contributed by atoms with Crippen molar-refractivity contribution in [2.45, 2.75) is 18.9 Å². The third-order valence-electron chi connectivity index (χ3n) is 2.08. The molecule has 1 aliphatic carbocycles. The fourth-order valence-corrected chi connectivity index (χ4v) is 1.22. The van der Waals surface area contributed by atoms with Crippen LogP contribution in [0, 0.1) is 5.92 Å². The van der Waals surface area contributed by atoms with Crippen molar-refractivity contribution in [1.29, 1.82) is 0 Å². The predicted molar refractivity (Wildman–Crippen MR) is 40.4 cm³/mol. The summed E-state index contributed by atoms with van der Waals surface area (Å²) in [7, 11) is 0. The van der Waals surface area contributed by atoms with Gasteiger partial charge in [0.2, 0.25) is 0 Å². The van der Waals surface area contributed by atoms with Gasteiger partial charge in [0.25, 0.3) is 0 Å². The summed E-state index contributed by atoms with van der Waals surface area (Å²) in [5, 5.41) is 11.5. The van der Waals surface area contributed by atoms with E-state index in [-0.39, 0.29) is 0 Å². The van der Waals surface area contributed by atoms with Gasteiger partial charge in [0, 0.05) is 12.4 Å². The molecular weight excluding hydrogens is 138 g/mol. The molecule has 0 saturated heterocycles. The first-order valence-corrected chi connectivity index (χ1v) is 3.93. The fourth-order valence-electron chi connectivity index (χ4n) is 1.22. The molecule has 11 heavy (non-hydrogen) atoms. The summed E-state index contributed by atoms with van der Waals surface area (Å²) < 4.78 is 0. The van der Waals surface area contributed by atoms with Gasteiger partial charge in [0.15, 0.2) is 0 Å². The molecule has 1 fully saturated rings. The average Bonchev–Trinajstić information content (AvgIpc) is 2.87. The van der Waals surface area contributed by atoms with E-state index in [2.05, 4.69) is 4.98 Å². The molecule has 1 unspecified atom stereocenters. The van der Waals surface area contributed by atoms with E-state index >= 15 is 0 Å². The largest absolute Gasteiger partial charge is 0.265 e. The smallest absolute Gasteiger partial charge is 0.121 e. The Bertz CT molecular complexity index is 231. The van der Waals surface area contributed by atoms with Crippen molar-refractivity contribution in [2.75, 3.05) is 0 Å². The van der Waals surface area contributed by atoms with Crippen molar-refractivity contribution < 1.29 is 5.11 Å². The predicted octanol–water partition coefficient (Wildman–Crippen LogP) is 1.96. The summed E-state index contributed by atoms with van der Waals surface area (Å²) in [6.45, 7) is 0. The SMILES string of the molecule is [O]C(c1ccncc1)C1CC1. The zero-order chi connectivity index (χ0) is 7.68. The molecule has 0 aromatic carbocycles. The molecule has 1 atom stereocenters. The van der Waals surface area contributed by atoms with Crippen molar-refractivity contribution >= 4 is 0 Å². The van der Waals surface area contributed by atoms with Gasteiger partial charge in [-0.15, -0.1) is 0 Å². The second kappa shape index (κ2) is 2.62. The zero-order valence-electron chi connectivity index (χ0n) is 6.23. The lowest BCUT2D eigenvalue weighted by atomic mass is 10.1. The Labute approximate surface area is 65.9 Å².